The van der Waals surface area contributed by atoms with Gasteiger partial charge in [0.05, 0.1) is 15.9 Å². The minimum atomic E-state index is -0.124. The van der Waals surface area contributed by atoms with E-state index in [1.807, 2.05) is 42.5 Å². The van der Waals surface area contributed by atoms with Crippen LogP contribution in [0.4, 0.5) is 5.13 Å². The van der Waals surface area contributed by atoms with Gasteiger partial charge in [-0.05, 0) is 38.0 Å². The number of aromatic nitrogens is 2. The van der Waals surface area contributed by atoms with E-state index >= 15 is 0 Å². The summed E-state index contributed by atoms with van der Waals surface area (Å²) in [6.07, 6.45) is 0.742. The summed E-state index contributed by atoms with van der Waals surface area (Å²) in [4.78, 5) is 19.8. The Labute approximate surface area is 161 Å². The average Bonchev–Trinajstić information content (AvgIpc) is 3.25. The van der Waals surface area contributed by atoms with Crippen LogP contribution in [0, 0.1) is 13.8 Å². The zero-order valence-electron chi connectivity index (χ0n) is 15.2. The molecule has 0 aliphatic carbocycles. The number of anilines is 1. The molecular formula is C21H19N3O2S. The highest BCUT2D eigenvalue weighted by molar-refractivity contribution is 7.22. The van der Waals surface area contributed by atoms with Gasteiger partial charge in [-0.15, -0.1) is 0 Å². The summed E-state index contributed by atoms with van der Waals surface area (Å²) in [5, 5.41) is 4.63. The average molecular weight is 377 g/mol. The van der Waals surface area contributed by atoms with E-state index in [0.29, 0.717) is 28.7 Å². The fourth-order valence-electron chi connectivity index (χ4n) is 3.07. The van der Waals surface area contributed by atoms with E-state index in [2.05, 4.69) is 22.3 Å². The molecule has 0 saturated carbocycles. The predicted octanol–water partition coefficient (Wildman–Crippen LogP) is 4.79. The number of carbonyl (C=O) groups excluding carboxylic acids is 1. The second kappa shape index (κ2) is 7.32. The molecule has 0 unspecified atom stereocenters. The van der Waals surface area contributed by atoms with Gasteiger partial charge in [0.1, 0.15) is 11.3 Å². The zero-order chi connectivity index (χ0) is 18.8. The number of nitrogens with zero attached hydrogens (tertiary/aromatic N) is 3. The Morgan fingerprint density at radius 1 is 1.07 bits per heavy atom. The molecule has 0 saturated heterocycles. The van der Waals surface area contributed by atoms with Crippen LogP contribution in [0.1, 0.15) is 27.4 Å². The summed E-state index contributed by atoms with van der Waals surface area (Å²) in [6.45, 7) is 4.09. The molecule has 0 N–H and O–H groups in total. The Hall–Kier alpha value is -2.99. The zero-order valence-corrected chi connectivity index (χ0v) is 16.0. The second-order valence-corrected chi connectivity index (χ2v) is 7.36. The molecule has 27 heavy (non-hydrogen) atoms. The smallest absolute Gasteiger partial charge is 0.265 e. The Bertz CT molecular complexity index is 1030. The van der Waals surface area contributed by atoms with Crippen molar-refractivity contribution in [3.8, 4) is 0 Å². The van der Waals surface area contributed by atoms with Gasteiger partial charge in [0.2, 0.25) is 0 Å². The van der Waals surface area contributed by atoms with Gasteiger partial charge in [-0.3, -0.25) is 9.69 Å². The number of hydrogen-bond acceptors (Lipinski definition) is 5. The molecule has 0 fully saturated rings. The van der Waals surface area contributed by atoms with E-state index in [-0.39, 0.29) is 5.91 Å². The normalized spacial score (nSPS) is 11.0. The van der Waals surface area contributed by atoms with Gasteiger partial charge in [-0.2, -0.15) is 0 Å². The first-order valence-corrected chi connectivity index (χ1v) is 9.59. The van der Waals surface area contributed by atoms with Crippen molar-refractivity contribution in [2.45, 2.75) is 20.3 Å². The first-order chi connectivity index (χ1) is 13.1. The number of para-hydroxylation sites is 1. The molecule has 4 rings (SSSR count). The summed E-state index contributed by atoms with van der Waals surface area (Å²) in [5.74, 6) is 0.407. The molecule has 5 nitrogen and oxygen atoms in total. The quantitative estimate of drug-likeness (QED) is 0.502. The van der Waals surface area contributed by atoms with Crippen molar-refractivity contribution in [1.82, 2.24) is 10.1 Å². The molecule has 2 heterocycles. The predicted molar refractivity (Wildman–Crippen MR) is 107 cm³/mol. The lowest BCUT2D eigenvalue weighted by Crippen LogP contribution is -2.33. The lowest BCUT2D eigenvalue weighted by molar-refractivity contribution is 0.0985. The number of hydrogen-bond donors (Lipinski definition) is 0. The van der Waals surface area contributed by atoms with Crippen LogP contribution in [0.5, 0.6) is 0 Å². The maximum Gasteiger partial charge on any atom is 0.265 e. The van der Waals surface area contributed by atoms with Crippen LogP contribution in [-0.4, -0.2) is 22.6 Å². The van der Waals surface area contributed by atoms with E-state index in [1.54, 1.807) is 18.7 Å². The highest BCUT2D eigenvalue weighted by Crippen LogP contribution is 2.30. The van der Waals surface area contributed by atoms with Gasteiger partial charge >= 0.3 is 0 Å². The van der Waals surface area contributed by atoms with Crippen molar-refractivity contribution in [1.29, 1.82) is 0 Å². The van der Waals surface area contributed by atoms with Crippen molar-refractivity contribution in [2.75, 3.05) is 11.4 Å². The standard InChI is InChI=1S/C21H19N3O2S/c1-14-19(15(2)26-23-14)20(25)24(13-12-16-8-4-3-5-9-16)21-22-17-10-6-7-11-18(17)27-21/h3-11H,12-13H2,1-2H3. The van der Waals surface area contributed by atoms with Gasteiger partial charge in [0.15, 0.2) is 5.13 Å². The molecule has 0 atom stereocenters. The van der Waals surface area contributed by atoms with E-state index < -0.39 is 0 Å². The first kappa shape index (κ1) is 17.4. The molecule has 2 aromatic heterocycles. The van der Waals surface area contributed by atoms with Crippen LogP contribution in [-0.2, 0) is 6.42 Å². The fourth-order valence-corrected chi connectivity index (χ4v) is 4.06. The number of thiazole rings is 1. The molecule has 0 spiro atoms. The summed E-state index contributed by atoms with van der Waals surface area (Å²) in [5.41, 5.74) is 3.19. The van der Waals surface area contributed by atoms with E-state index in [9.17, 15) is 4.79 Å². The van der Waals surface area contributed by atoms with Crippen LogP contribution in [0.15, 0.2) is 59.1 Å². The first-order valence-electron chi connectivity index (χ1n) is 8.77. The Morgan fingerprint density at radius 2 is 1.81 bits per heavy atom. The third kappa shape index (κ3) is 3.48. The molecule has 4 aromatic rings. The number of fused-ring (bicyclic) bond motifs is 1. The summed E-state index contributed by atoms with van der Waals surface area (Å²) in [6, 6.07) is 18.1. The Kier molecular flexibility index (Phi) is 4.73. The molecule has 0 radical (unpaired) electrons. The van der Waals surface area contributed by atoms with Crippen molar-refractivity contribution >= 4 is 32.6 Å². The van der Waals surface area contributed by atoms with Gasteiger partial charge in [0, 0.05) is 6.54 Å². The summed E-state index contributed by atoms with van der Waals surface area (Å²) >= 11 is 1.52. The summed E-state index contributed by atoms with van der Waals surface area (Å²) < 4.78 is 6.27. The van der Waals surface area contributed by atoms with Gasteiger partial charge in [-0.25, -0.2) is 4.98 Å². The van der Waals surface area contributed by atoms with E-state index in [4.69, 9.17) is 4.52 Å². The highest BCUT2D eigenvalue weighted by Gasteiger charge is 2.26. The van der Waals surface area contributed by atoms with Gasteiger partial charge in [0.25, 0.3) is 5.91 Å². The van der Waals surface area contributed by atoms with Gasteiger partial charge in [-0.1, -0.05) is 59.0 Å². The summed E-state index contributed by atoms with van der Waals surface area (Å²) in [7, 11) is 0. The lowest BCUT2D eigenvalue weighted by Gasteiger charge is -2.19. The molecule has 0 bridgehead atoms. The number of carbonyl (C=O) groups is 1. The molecule has 0 aliphatic rings. The van der Waals surface area contributed by atoms with Crippen LogP contribution in [0.25, 0.3) is 10.2 Å². The second-order valence-electron chi connectivity index (χ2n) is 6.36. The van der Waals surface area contributed by atoms with Crippen molar-refractivity contribution in [2.24, 2.45) is 0 Å². The number of rotatable bonds is 5. The molecular weight excluding hydrogens is 358 g/mol. The van der Waals surface area contributed by atoms with Crippen LogP contribution in [0.3, 0.4) is 0 Å². The van der Waals surface area contributed by atoms with Gasteiger partial charge < -0.3 is 4.52 Å². The maximum atomic E-state index is 13.3. The third-order valence-electron chi connectivity index (χ3n) is 4.47. The minimum Gasteiger partial charge on any atom is -0.361 e. The highest BCUT2D eigenvalue weighted by atomic mass is 32.1. The van der Waals surface area contributed by atoms with Crippen LogP contribution >= 0.6 is 11.3 Å². The van der Waals surface area contributed by atoms with Crippen LogP contribution < -0.4 is 4.90 Å². The fraction of sp³-hybridized carbons (Fsp3) is 0.190. The van der Waals surface area contributed by atoms with Crippen molar-refractivity contribution in [3.05, 3.63) is 77.2 Å². The molecule has 6 heteroatoms. The van der Waals surface area contributed by atoms with Crippen LogP contribution in [0.2, 0.25) is 0 Å². The monoisotopic (exact) mass is 377 g/mol. The largest absolute Gasteiger partial charge is 0.361 e. The van der Waals surface area contributed by atoms with E-state index in [0.717, 1.165) is 16.6 Å². The molecule has 1 amide bonds. The van der Waals surface area contributed by atoms with E-state index in [1.165, 1.54) is 16.9 Å². The SMILES string of the molecule is Cc1noc(C)c1C(=O)N(CCc1ccccc1)c1nc2ccccc2s1. The maximum absolute atomic E-state index is 13.3. The third-order valence-corrected chi connectivity index (χ3v) is 5.53. The number of amides is 1. The molecule has 2 aromatic carbocycles. The Balaban J connectivity index is 1.71. The topological polar surface area (TPSA) is 59.2 Å². The number of aryl methyl sites for hydroxylation is 2. The van der Waals surface area contributed by atoms with Crippen molar-refractivity contribution in [3.63, 3.8) is 0 Å². The lowest BCUT2D eigenvalue weighted by atomic mass is 10.1. The number of benzene rings is 2. The van der Waals surface area contributed by atoms with Crippen molar-refractivity contribution < 1.29 is 9.32 Å². The molecule has 136 valence electrons. The Morgan fingerprint density at radius 3 is 2.52 bits per heavy atom. The minimum absolute atomic E-state index is 0.124. The molecule has 0 aliphatic heterocycles.